The Morgan fingerprint density at radius 2 is 1.55 bits per heavy atom. The van der Waals surface area contributed by atoms with Crippen LogP contribution in [0.3, 0.4) is 0 Å². The van der Waals surface area contributed by atoms with E-state index in [1.165, 1.54) is 63.0 Å². The fourth-order valence-corrected chi connectivity index (χ4v) is 21.4. The Labute approximate surface area is 205 Å². The Morgan fingerprint density at radius 3 is 2.12 bits per heavy atom. The number of carbonyl (C=O) groups is 1. The number of nitrogens with zero attached hydrogens (tertiary/aromatic N) is 1. The van der Waals surface area contributed by atoms with Gasteiger partial charge in [-0.3, -0.25) is 0 Å². The summed E-state index contributed by atoms with van der Waals surface area (Å²) in [6.07, 6.45) is 7.78. The van der Waals surface area contributed by atoms with E-state index in [2.05, 4.69) is 45.9 Å². The molecule has 0 aliphatic carbocycles. The number of hydrogen-bond donors (Lipinski definition) is 0. The van der Waals surface area contributed by atoms with E-state index in [4.69, 9.17) is 4.74 Å². The molecule has 0 fully saturated rings. The molecule has 3 rings (SSSR count). The van der Waals surface area contributed by atoms with Gasteiger partial charge in [-0.15, -0.1) is 0 Å². The Bertz CT molecular complexity index is 861. The first-order valence-electron chi connectivity index (χ1n) is 13.1. The third-order valence-corrected chi connectivity index (χ3v) is 23.1. The van der Waals surface area contributed by atoms with Crippen LogP contribution in [0.5, 0.6) is 0 Å². The quantitative estimate of drug-likeness (QED) is 0.249. The summed E-state index contributed by atoms with van der Waals surface area (Å²) in [5, 5.41) is 0. The van der Waals surface area contributed by atoms with Gasteiger partial charge in [0, 0.05) is 0 Å². The number of carbonyl (C=O) groups excluding carboxylic acids is 1. The summed E-state index contributed by atoms with van der Waals surface area (Å²) in [4.78, 5) is 14.8. The molecule has 0 saturated carbocycles. The van der Waals surface area contributed by atoms with Crippen LogP contribution in [0.1, 0.15) is 89.0 Å². The predicted molar refractivity (Wildman–Crippen MR) is 142 cm³/mol. The molecule has 0 saturated heterocycles. The average molecular weight is 556 g/mol. The van der Waals surface area contributed by atoms with Crippen molar-refractivity contribution in [2.45, 2.75) is 98.7 Å². The van der Waals surface area contributed by atoms with Gasteiger partial charge in [-0.25, -0.2) is 0 Å². The molecular weight excluding hydrogens is 513 g/mol. The Hall–Kier alpha value is -1.49. The normalized spacial score (nSPS) is 15.5. The summed E-state index contributed by atoms with van der Waals surface area (Å²) in [6.45, 7) is 10.1. The maximum atomic E-state index is 12.9. The summed E-state index contributed by atoms with van der Waals surface area (Å²) in [5.41, 5.74) is 3.68. The maximum absolute atomic E-state index is 12.9. The minimum atomic E-state index is -2.47. The molecule has 1 aliphatic rings. The predicted octanol–water partition coefficient (Wildman–Crippen LogP) is 7.96. The van der Waals surface area contributed by atoms with Crippen LogP contribution in [0.4, 0.5) is 4.79 Å². The van der Waals surface area contributed by atoms with Crippen molar-refractivity contribution < 1.29 is 9.53 Å². The number of benzene rings is 2. The van der Waals surface area contributed by atoms with Crippen LogP contribution in [0.15, 0.2) is 48.5 Å². The fourth-order valence-electron chi connectivity index (χ4n) is 5.35. The standard InChI is InChI=1S/C17H16NO2.3C4H9.Sn/c1-13-16-10-6-5-9-15(16)11-18(13)17(19)20-12-14-7-3-2-4-8-14;3*1-3-4-2;/h2-4,6-10,13H,11-12H2,1H3;3*1,3-4H2,2H3;. The first kappa shape index (κ1) is 26.1. The van der Waals surface area contributed by atoms with E-state index in [-0.39, 0.29) is 12.1 Å². The summed E-state index contributed by atoms with van der Waals surface area (Å²) < 4.78 is 11.8. The molecule has 0 aromatic heterocycles. The minimum absolute atomic E-state index is 0.0730. The van der Waals surface area contributed by atoms with Gasteiger partial charge in [0.1, 0.15) is 0 Å². The van der Waals surface area contributed by atoms with Gasteiger partial charge in [-0.1, -0.05) is 0 Å². The van der Waals surface area contributed by atoms with Crippen molar-refractivity contribution in [2.24, 2.45) is 0 Å². The summed E-state index contributed by atoms with van der Waals surface area (Å²) in [7, 11) is 0. The molecular formula is C29H43NO2Sn. The SMILES string of the molecule is CCC[CH2][Sn]([CH2]CCC)([CH2]CCC)[c]1ccc2c(c1)CN(C(=O)OCc1ccccc1)C2C. The Morgan fingerprint density at radius 1 is 0.939 bits per heavy atom. The van der Waals surface area contributed by atoms with Gasteiger partial charge in [0.05, 0.1) is 0 Å². The van der Waals surface area contributed by atoms with E-state index in [0.717, 1.165) is 5.56 Å². The number of unbranched alkanes of at least 4 members (excludes halogenated alkanes) is 3. The van der Waals surface area contributed by atoms with Crippen molar-refractivity contribution >= 4 is 28.0 Å². The van der Waals surface area contributed by atoms with Crippen molar-refractivity contribution in [3.05, 3.63) is 65.2 Å². The molecule has 1 aliphatic heterocycles. The van der Waals surface area contributed by atoms with Crippen LogP contribution in [0.2, 0.25) is 13.3 Å². The third kappa shape index (κ3) is 6.55. The monoisotopic (exact) mass is 557 g/mol. The van der Waals surface area contributed by atoms with Gasteiger partial charge >= 0.3 is 206 Å². The van der Waals surface area contributed by atoms with Gasteiger partial charge in [0.25, 0.3) is 0 Å². The van der Waals surface area contributed by atoms with E-state index in [9.17, 15) is 4.79 Å². The van der Waals surface area contributed by atoms with E-state index >= 15 is 0 Å². The van der Waals surface area contributed by atoms with Crippen LogP contribution in [-0.4, -0.2) is 29.4 Å². The van der Waals surface area contributed by atoms with Gasteiger partial charge in [-0.2, -0.15) is 0 Å². The Balaban J connectivity index is 1.79. The van der Waals surface area contributed by atoms with Crippen molar-refractivity contribution in [2.75, 3.05) is 0 Å². The number of fused-ring (bicyclic) bond motifs is 1. The number of amides is 1. The summed E-state index contributed by atoms with van der Waals surface area (Å²) >= 11 is -2.47. The zero-order valence-electron chi connectivity index (χ0n) is 21.2. The van der Waals surface area contributed by atoms with Gasteiger partial charge in [-0.05, 0) is 0 Å². The second-order valence-corrected chi connectivity index (χ2v) is 23.1. The van der Waals surface area contributed by atoms with E-state index < -0.39 is 18.4 Å². The molecule has 4 heteroatoms. The second-order valence-electron chi connectivity index (χ2n) is 9.85. The van der Waals surface area contributed by atoms with E-state index in [0.29, 0.717) is 13.2 Å². The van der Waals surface area contributed by atoms with Crippen molar-refractivity contribution in [1.29, 1.82) is 0 Å². The average Bonchev–Trinajstić information content (AvgIpc) is 3.19. The number of hydrogen-bond acceptors (Lipinski definition) is 2. The van der Waals surface area contributed by atoms with Gasteiger partial charge < -0.3 is 0 Å². The van der Waals surface area contributed by atoms with Crippen LogP contribution >= 0.6 is 0 Å². The van der Waals surface area contributed by atoms with Crippen LogP contribution < -0.4 is 3.58 Å². The topological polar surface area (TPSA) is 29.5 Å². The zero-order chi connectivity index (χ0) is 23.7. The molecule has 0 spiro atoms. The zero-order valence-corrected chi connectivity index (χ0v) is 24.1. The van der Waals surface area contributed by atoms with E-state index in [1.54, 1.807) is 3.58 Å². The molecule has 2 aromatic carbocycles. The van der Waals surface area contributed by atoms with Crippen molar-refractivity contribution in [3.8, 4) is 0 Å². The van der Waals surface area contributed by atoms with Crippen LogP contribution in [0, 0.1) is 0 Å². The van der Waals surface area contributed by atoms with Gasteiger partial charge in [0.15, 0.2) is 0 Å². The summed E-state index contributed by atoms with van der Waals surface area (Å²) in [5.74, 6) is 0. The molecule has 1 amide bonds. The molecule has 2 aromatic rings. The second kappa shape index (κ2) is 12.8. The van der Waals surface area contributed by atoms with Crippen molar-refractivity contribution in [3.63, 3.8) is 0 Å². The molecule has 1 atom stereocenters. The third-order valence-electron chi connectivity index (χ3n) is 7.48. The molecule has 3 nitrogen and oxygen atoms in total. The molecule has 0 N–H and O–H groups in total. The first-order valence-corrected chi connectivity index (χ1v) is 20.6. The number of rotatable bonds is 12. The molecule has 1 unspecified atom stereocenters. The van der Waals surface area contributed by atoms with Crippen LogP contribution in [-0.2, 0) is 17.9 Å². The molecule has 0 bridgehead atoms. The molecule has 180 valence electrons. The molecule has 0 radical (unpaired) electrons. The molecule has 33 heavy (non-hydrogen) atoms. The first-order chi connectivity index (χ1) is 16.0. The number of ether oxygens (including phenoxy) is 1. The van der Waals surface area contributed by atoms with Crippen molar-refractivity contribution in [1.82, 2.24) is 4.90 Å². The van der Waals surface area contributed by atoms with Gasteiger partial charge in [0.2, 0.25) is 0 Å². The van der Waals surface area contributed by atoms with Crippen LogP contribution in [0.25, 0.3) is 0 Å². The summed E-state index contributed by atoms with van der Waals surface area (Å²) in [6, 6.07) is 17.3. The molecule has 1 heterocycles. The Kier molecular flexibility index (Phi) is 10.2. The fraction of sp³-hybridized carbons (Fsp3) is 0.552. The van der Waals surface area contributed by atoms with E-state index in [1.807, 2.05) is 35.2 Å².